The van der Waals surface area contributed by atoms with Crippen LogP contribution < -0.4 is 14.2 Å². The van der Waals surface area contributed by atoms with E-state index in [4.69, 9.17) is 18.9 Å². The van der Waals surface area contributed by atoms with Crippen LogP contribution >= 0.6 is 0 Å². The largest absolute Gasteiger partial charge is 0.497 e. The number of fused-ring (bicyclic) bond motifs is 1. The smallest absolute Gasteiger partial charge is 0.250 e. The molecule has 1 aliphatic heterocycles. The van der Waals surface area contributed by atoms with Crippen molar-refractivity contribution in [1.82, 2.24) is 4.31 Å². The molecule has 0 aromatic heterocycles. The van der Waals surface area contributed by atoms with E-state index in [0.717, 1.165) is 11.1 Å². The van der Waals surface area contributed by atoms with E-state index in [1.807, 2.05) is 78.9 Å². The highest BCUT2D eigenvalue weighted by Gasteiger charge is 2.38. The molecule has 1 aliphatic rings. The zero-order valence-electron chi connectivity index (χ0n) is 23.5. The third kappa shape index (κ3) is 6.90. The lowest BCUT2D eigenvalue weighted by Gasteiger charge is -2.23. The molecule has 1 atom stereocenters. The molecule has 5 rings (SSSR count). The SMILES string of the molecule is COc1ccc(CN2C[C@H](COCc3ccccc3)Oc3cccc(Oc4ccc(C(C)C)cc4)c3S2(=O)=O)cc1. The number of benzene rings is 4. The summed E-state index contributed by atoms with van der Waals surface area (Å²) in [7, 11) is -2.42. The summed E-state index contributed by atoms with van der Waals surface area (Å²) >= 11 is 0. The molecule has 0 unspecified atom stereocenters. The van der Waals surface area contributed by atoms with Crippen LogP contribution in [0.3, 0.4) is 0 Å². The summed E-state index contributed by atoms with van der Waals surface area (Å²) in [4.78, 5) is 0.00649. The minimum Gasteiger partial charge on any atom is -0.497 e. The van der Waals surface area contributed by atoms with Crippen molar-refractivity contribution in [2.24, 2.45) is 0 Å². The summed E-state index contributed by atoms with van der Waals surface area (Å²) in [5.74, 6) is 2.08. The maximum atomic E-state index is 14.2. The van der Waals surface area contributed by atoms with Crippen molar-refractivity contribution in [3.05, 3.63) is 114 Å². The molecule has 4 aromatic carbocycles. The van der Waals surface area contributed by atoms with Crippen LogP contribution in [0.4, 0.5) is 0 Å². The van der Waals surface area contributed by atoms with E-state index in [-0.39, 0.29) is 36.1 Å². The Hall–Kier alpha value is -3.85. The summed E-state index contributed by atoms with van der Waals surface area (Å²) in [6.45, 7) is 5.11. The molecule has 8 heteroatoms. The molecule has 0 saturated carbocycles. The lowest BCUT2D eigenvalue weighted by molar-refractivity contribution is 0.0335. The molecular weight excluding hydrogens is 538 g/mol. The van der Waals surface area contributed by atoms with Gasteiger partial charge >= 0.3 is 0 Å². The first-order valence-corrected chi connectivity index (χ1v) is 15.1. The second-order valence-corrected chi connectivity index (χ2v) is 12.2. The fourth-order valence-electron chi connectivity index (χ4n) is 4.70. The lowest BCUT2D eigenvalue weighted by Crippen LogP contribution is -2.38. The predicted molar refractivity (Wildman–Crippen MR) is 158 cm³/mol. The Morgan fingerprint density at radius 2 is 1.56 bits per heavy atom. The maximum absolute atomic E-state index is 14.2. The van der Waals surface area contributed by atoms with Crippen LogP contribution in [0.15, 0.2) is 102 Å². The minimum atomic E-state index is -4.02. The third-order valence-corrected chi connectivity index (χ3v) is 8.83. The second-order valence-electron chi connectivity index (χ2n) is 10.3. The van der Waals surface area contributed by atoms with Crippen LogP contribution in [0, 0.1) is 0 Å². The average molecular weight is 574 g/mol. The summed E-state index contributed by atoms with van der Waals surface area (Å²) in [6.07, 6.45) is -0.534. The van der Waals surface area contributed by atoms with Gasteiger partial charge in [-0.25, -0.2) is 8.42 Å². The van der Waals surface area contributed by atoms with Crippen molar-refractivity contribution >= 4 is 10.0 Å². The van der Waals surface area contributed by atoms with Gasteiger partial charge < -0.3 is 18.9 Å². The molecule has 7 nitrogen and oxygen atoms in total. The van der Waals surface area contributed by atoms with Gasteiger partial charge in [-0.05, 0) is 59.0 Å². The van der Waals surface area contributed by atoms with E-state index < -0.39 is 16.1 Å². The van der Waals surface area contributed by atoms with Gasteiger partial charge in [0.15, 0.2) is 10.6 Å². The van der Waals surface area contributed by atoms with Crippen molar-refractivity contribution in [1.29, 1.82) is 0 Å². The number of hydrogen-bond donors (Lipinski definition) is 0. The Bertz CT molecular complexity index is 1540. The van der Waals surface area contributed by atoms with E-state index in [2.05, 4.69) is 13.8 Å². The second kappa shape index (κ2) is 12.8. The maximum Gasteiger partial charge on any atom is 0.250 e. The first-order valence-electron chi connectivity index (χ1n) is 13.7. The van der Waals surface area contributed by atoms with Crippen molar-refractivity contribution in [2.75, 3.05) is 20.3 Å². The number of nitrogens with zero attached hydrogens (tertiary/aromatic N) is 1. The summed E-state index contributed by atoms with van der Waals surface area (Å²) in [5.41, 5.74) is 3.03. The molecule has 0 bridgehead atoms. The van der Waals surface area contributed by atoms with Gasteiger partial charge in [-0.3, -0.25) is 0 Å². The van der Waals surface area contributed by atoms with Gasteiger partial charge in [-0.1, -0.05) is 74.5 Å². The van der Waals surface area contributed by atoms with Gasteiger partial charge in [0.2, 0.25) is 0 Å². The third-order valence-electron chi connectivity index (χ3n) is 6.95. The highest BCUT2D eigenvalue weighted by atomic mass is 32.2. The first kappa shape index (κ1) is 28.7. The van der Waals surface area contributed by atoms with Crippen LogP contribution in [0.5, 0.6) is 23.0 Å². The Kier molecular flexibility index (Phi) is 8.93. The van der Waals surface area contributed by atoms with Crippen LogP contribution in [0.2, 0.25) is 0 Å². The zero-order valence-corrected chi connectivity index (χ0v) is 24.3. The number of hydrogen-bond acceptors (Lipinski definition) is 6. The number of sulfonamides is 1. The highest BCUT2D eigenvalue weighted by molar-refractivity contribution is 7.89. The minimum absolute atomic E-state index is 0.00649. The van der Waals surface area contributed by atoms with Gasteiger partial charge in [0.25, 0.3) is 10.0 Å². The molecule has 0 saturated heterocycles. The Morgan fingerprint density at radius 1 is 0.854 bits per heavy atom. The monoisotopic (exact) mass is 573 g/mol. The summed E-state index contributed by atoms with van der Waals surface area (Å²) < 4.78 is 53.7. The molecule has 41 heavy (non-hydrogen) atoms. The predicted octanol–water partition coefficient (Wildman–Crippen LogP) is 6.78. The van der Waals surface area contributed by atoms with Gasteiger partial charge in [-0.2, -0.15) is 4.31 Å². The Balaban J connectivity index is 1.46. The van der Waals surface area contributed by atoms with E-state index in [1.165, 1.54) is 9.87 Å². The van der Waals surface area contributed by atoms with Crippen molar-refractivity contribution in [3.63, 3.8) is 0 Å². The molecule has 0 radical (unpaired) electrons. The molecule has 4 aromatic rings. The average Bonchev–Trinajstić information content (AvgIpc) is 3.08. The molecule has 214 valence electrons. The van der Waals surface area contributed by atoms with E-state index >= 15 is 0 Å². The van der Waals surface area contributed by atoms with Crippen LogP contribution in [0.25, 0.3) is 0 Å². The number of methoxy groups -OCH3 is 1. The van der Waals surface area contributed by atoms with Crippen LogP contribution in [-0.2, 0) is 27.9 Å². The Labute approximate surface area is 242 Å². The van der Waals surface area contributed by atoms with Crippen LogP contribution in [0.1, 0.15) is 36.5 Å². The van der Waals surface area contributed by atoms with Gasteiger partial charge in [0, 0.05) is 6.54 Å². The molecule has 0 aliphatic carbocycles. The number of ether oxygens (including phenoxy) is 4. The highest BCUT2D eigenvalue weighted by Crippen LogP contribution is 2.41. The Morgan fingerprint density at radius 3 is 2.24 bits per heavy atom. The quantitative estimate of drug-likeness (QED) is 0.208. The fourth-order valence-corrected chi connectivity index (χ4v) is 6.37. The van der Waals surface area contributed by atoms with Gasteiger partial charge in [0.05, 0.1) is 26.9 Å². The molecule has 0 amide bonds. The topological polar surface area (TPSA) is 74.3 Å². The van der Waals surface area contributed by atoms with Crippen LogP contribution in [-0.4, -0.2) is 39.1 Å². The summed E-state index contributed by atoms with van der Waals surface area (Å²) in [6, 6.07) is 30.0. The van der Waals surface area contributed by atoms with E-state index in [1.54, 1.807) is 25.3 Å². The van der Waals surface area contributed by atoms with Gasteiger partial charge in [0.1, 0.15) is 23.4 Å². The van der Waals surface area contributed by atoms with E-state index in [9.17, 15) is 8.42 Å². The first-order chi connectivity index (χ1) is 19.8. The summed E-state index contributed by atoms with van der Waals surface area (Å²) in [5, 5.41) is 0. The van der Waals surface area contributed by atoms with Crippen molar-refractivity contribution < 1.29 is 27.4 Å². The number of rotatable bonds is 10. The van der Waals surface area contributed by atoms with Gasteiger partial charge in [-0.15, -0.1) is 0 Å². The molecule has 0 fully saturated rings. The standard InChI is InChI=1S/C33H35NO6S/c1-24(2)27-14-18-29(19-15-27)39-31-10-7-11-32-33(31)41(35,36)34(20-25-12-16-28(37-3)17-13-25)21-30(40-32)23-38-22-26-8-5-4-6-9-26/h4-19,24,30H,20-23H2,1-3H3/t30-/m1/s1. The van der Waals surface area contributed by atoms with Crippen molar-refractivity contribution in [2.45, 2.75) is 43.9 Å². The molecule has 0 N–H and O–H groups in total. The molecule has 1 heterocycles. The lowest BCUT2D eigenvalue weighted by atomic mass is 10.0. The van der Waals surface area contributed by atoms with E-state index in [0.29, 0.717) is 24.0 Å². The normalized spacial score (nSPS) is 16.4. The fraction of sp³-hybridized carbons (Fsp3) is 0.273. The molecule has 0 spiro atoms. The molecular formula is C33H35NO6S. The van der Waals surface area contributed by atoms with Crippen molar-refractivity contribution in [3.8, 4) is 23.0 Å². The zero-order chi connectivity index (χ0) is 28.8.